The minimum absolute atomic E-state index is 0.177. The number of rotatable bonds is 5. The van der Waals surface area contributed by atoms with Crippen LogP contribution in [0.25, 0.3) is 11.5 Å². The average molecular weight is 348 g/mol. The fourth-order valence-corrected chi connectivity index (χ4v) is 2.73. The summed E-state index contributed by atoms with van der Waals surface area (Å²) >= 11 is 0. The zero-order valence-corrected chi connectivity index (χ0v) is 14.1. The maximum Gasteiger partial charge on any atom is 0.341 e. The second-order valence-electron chi connectivity index (χ2n) is 5.64. The van der Waals surface area contributed by atoms with Gasteiger partial charge in [0.25, 0.3) is 5.78 Å². The van der Waals surface area contributed by atoms with Gasteiger partial charge in [-0.15, -0.1) is 0 Å². The SMILES string of the molecule is CCc1c(C(=O)OCc2ccc(-n3cccn3)cc2)cnc2ncnn12. The highest BCUT2D eigenvalue weighted by atomic mass is 16.5. The van der Waals surface area contributed by atoms with E-state index in [9.17, 15) is 4.79 Å². The van der Waals surface area contributed by atoms with Gasteiger partial charge in [0.2, 0.25) is 0 Å². The number of aryl methyl sites for hydroxylation is 1. The summed E-state index contributed by atoms with van der Waals surface area (Å²) in [4.78, 5) is 20.7. The molecule has 0 bridgehead atoms. The number of esters is 1. The van der Waals surface area contributed by atoms with Crippen molar-refractivity contribution in [1.29, 1.82) is 0 Å². The first kappa shape index (κ1) is 15.9. The third-order valence-electron chi connectivity index (χ3n) is 4.04. The van der Waals surface area contributed by atoms with Crippen LogP contribution in [0.1, 0.15) is 28.5 Å². The van der Waals surface area contributed by atoms with Crippen LogP contribution in [-0.2, 0) is 17.8 Å². The number of nitrogens with zero attached hydrogens (tertiary/aromatic N) is 6. The lowest BCUT2D eigenvalue weighted by Crippen LogP contribution is -2.13. The van der Waals surface area contributed by atoms with Crippen molar-refractivity contribution in [2.45, 2.75) is 20.0 Å². The fourth-order valence-electron chi connectivity index (χ4n) is 2.73. The van der Waals surface area contributed by atoms with E-state index >= 15 is 0 Å². The summed E-state index contributed by atoms with van der Waals surface area (Å²) in [6.07, 6.45) is 7.12. The number of aromatic nitrogens is 6. The molecule has 0 radical (unpaired) electrons. The van der Waals surface area contributed by atoms with Crippen molar-refractivity contribution in [3.63, 3.8) is 0 Å². The Kier molecular flexibility index (Phi) is 4.14. The van der Waals surface area contributed by atoms with E-state index in [1.54, 1.807) is 15.4 Å². The van der Waals surface area contributed by atoms with E-state index in [0.717, 1.165) is 16.9 Å². The lowest BCUT2D eigenvalue weighted by Gasteiger charge is -2.09. The number of carbonyl (C=O) groups is 1. The molecule has 0 atom stereocenters. The van der Waals surface area contributed by atoms with Crippen LogP contribution in [0.2, 0.25) is 0 Å². The van der Waals surface area contributed by atoms with Gasteiger partial charge in [-0.25, -0.2) is 19.0 Å². The Morgan fingerprint density at radius 3 is 2.73 bits per heavy atom. The van der Waals surface area contributed by atoms with Gasteiger partial charge >= 0.3 is 5.97 Å². The van der Waals surface area contributed by atoms with Gasteiger partial charge in [-0.3, -0.25) is 0 Å². The molecule has 0 saturated carbocycles. The quantitative estimate of drug-likeness (QED) is 0.514. The Labute approximate surface area is 149 Å². The van der Waals surface area contributed by atoms with Crippen LogP contribution in [0.5, 0.6) is 0 Å². The summed E-state index contributed by atoms with van der Waals surface area (Å²) in [6.45, 7) is 2.12. The van der Waals surface area contributed by atoms with Crippen LogP contribution >= 0.6 is 0 Å². The molecule has 0 fully saturated rings. The van der Waals surface area contributed by atoms with Crippen molar-refractivity contribution >= 4 is 11.7 Å². The van der Waals surface area contributed by atoms with Crippen molar-refractivity contribution in [3.05, 3.63) is 72.1 Å². The van der Waals surface area contributed by atoms with E-state index in [1.165, 1.54) is 12.5 Å². The van der Waals surface area contributed by atoms with Gasteiger partial charge in [-0.2, -0.15) is 15.2 Å². The third kappa shape index (κ3) is 2.92. The molecule has 8 nitrogen and oxygen atoms in total. The highest BCUT2D eigenvalue weighted by Crippen LogP contribution is 2.14. The third-order valence-corrected chi connectivity index (χ3v) is 4.04. The van der Waals surface area contributed by atoms with Crippen molar-refractivity contribution in [2.75, 3.05) is 0 Å². The lowest BCUT2D eigenvalue weighted by atomic mass is 10.2. The van der Waals surface area contributed by atoms with Crippen molar-refractivity contribution < 1.29 is 9.53 Å². The van der Waals surface area contributed by atoms with Crippen LogP contribution in [0.15, 0.2) is 55.2 Å². The molecule has 130 valence electrons. The van der Waals surface area contributed by atoms with Crippen LogP contribution in [-0.4, -0.2) is 35.3 Å². The summed E-state index contributed by atoms with van der Waals surface area (Å²) < 4.78 is 8.78. The monoisotopic (exact) mass is 348 g/mol. The van der Waals surface area contributed by atoms with Gasteiger partial charge in [-0.05, 0) is 30.2 Å². The summed E-state index contributed by atoms with van der Waals surface area (Å²) in [5, 5.41) is 8.29. The smallest absolute Gasteiger partial charge is 0.341 e. The molecule has 0 aliphatic rings. The first-order valence-corrected chi connectivity index (χ1v) is 8.20. The van der Waals surface area contributed by atoms with Crippen molar-refractivity contribution in [2.24, 2.45) is 0 Å². The van der Waals surface area contributed by atoms with E-state index in [1.807, 2.05) is 43.5 Å². The highest BCUT2D eigenvalue weighted by molar-refractivity contribution is 5.90. The second-order valence-corrected chi connectivity index (χ2v) is 5.64. The highest BCUT2D eigenvalue weighted by Gasteiger charge is 2.17. The molecule has 0 N–H and O–H groups in total. The molecule has 8 heteroatoms. The summed E-state index contributed by atoms with van der Waals surface area (Å²) in [6, 6.07) is 9.53. The maximum absolute atomic E-state index is 12.5. The van der Waals surface area contributed by atoms with E-state index in [0.29, 0.717) is 17.8 Å². The molecule has 0 saturated heterocycles. The van der Waals surface area contributed by atoms with E-state index in [2.05, 4.69) is 20.2 Å². The number of fused-ring (bicyclic) bond motifs is 1. The van der Waals surface area contributed by atoms with Crippen molar-refractivity contribution in [1.82, 2.24) is 29.4 Å². The molecule has 0 unspecified atom stereocenters. The molecule has 0 aliphatic heterocycles. The molecule has 4 rings (SSSR count). The first-order chi connectivity index (χ1) is 12.8. The predicted octanol–water partition coefficient (Wildman–Crippen LogP) is 2.23. The Balaban J connectivity index is 1.49. The molecule has 3 heterocycles. The standard InChI is InChI=1S/C18H16N6O2/c1-2-16-15(10-19-18-20-12-22-24(16)18)17(25)26-11-13-4-6-14(7-5-13)23-9-3-8-21-23/h3-10,12H,2,11H2,1H3. The molecule has 26 heavy (non-hydrogen) atoms. The second kappa shape index (κ2) is 6.75. The lowest BCUT2D eigenvalue weighted by molar-refractivity contribution is 0.0470. The molecule has 0 spiro atoms. The van der Waals surface area contributed by atoms with E-state index in [-0.39, 0.29) is 6.61 Å². The molecule has 3 aromatic heterocycles. The normalized spacial score (nSPS) is 11.0. The van der Waals surface area contributed by atoms with Gasteiger partial charge in [0.1, 0.15) is 12.9 Å². The molecular weight excluding hydrogens is 332 g/mol. The maximum atomic E-state index is 12.5. The van der Waals surface area contributed by atoms with Crippen LogP contribution in [0.3, 0.4) is 0 Å². The van der Waals surface area contributed by atoms with E-state index in [4.69, 9.17) is 4.74 Å². The van der Waals surface area contributed by atoms with Gasteiger partial charge in [0, 0.05) is 18.6 Å². The largest absolute Gasteiger partial charge is 0.457 e. The first-order valence-electron chi connectivity index (χ1n) is 8.20. The van der Waals surface area contributed by atoms with E-state index < -0.39 is 5.97 Å². The molecule has 4 aromatic rings. The minimum atomic E-state index is -0.428. The summed E-state index contributed by atoms with van der Waals surface area (Å²) in [5.41, 5.74) is 2.96. The number of hydrogen-bond donors (Lipinski definition) is 0. The summed E-state index contributed by atoms with van der Waals surface area (Å²) in [7, 11) is 0. The number of hydrogen-bond acceptors (Lipinski definition) is 6. The topological polar surface area (TPSA) is 87.2 Å². The van der Waals surface area contributed by atoms with Crippen LogP contribution in [0, 0.1) is 0 Å². The zero-order valence-electron chi connectivity index (χ0n) is 14.1. The molecule has 0 amide bonds. The number of ether oxygens (including phenoxy) is 1. The van der Waals surface area contributed by atoms with Crippen LogP contribution in [0.4, 0.5) is 0 Å². The number of benzene rings is 1. The van der Waals surface area contributed by atoms with Gasteiger partial charge in [-0.1, -0.05) is 19.1 Å². The summed E-state index contributed by atoms with van der Waals surface area (Å²) in [5.74, 6) is 0.0375. The van der Waals surface area contributed by atoms with Gasteiger partial charge in [0.15, 0.2) is 0 Å². The minimum Gasteiger partial charge on any atom is -0.457 e. The Bertz CT molecular complexity index is 1040. The Morgan fingerprint density at radius 2 is 2.00 bits per heavy atom. The van der Waals surface area contributed by atoms with Crippen LogP contribution < -0.4 is 0 Å². The Morgan fingerprint density at radius 1 is 1.15 bits per heavy atom. The van der Waals surface area contributed by atoms with Gasteiger partial charge < -0.3 is 4.74 Å². The van der Waals surface area contributed by atoms with Crippen molar-refractivity contribution in [3.8, 4) is 5.69 Å². The molecular formula is C18H16N6O2. The molecule has 1 aromatic carbocycles. The average Bonchev–Trinajstić information content (AvgIpc) is 3.37. The Hall–Kier alpha value is -3.55. The zero-order chi connectivity index (χ0) is 17.9. The fraction of sp³-hybridized carbons (Fsp3) is 0.167. The van der Waals surface area contributed by atoms with Gasteiger partial charge in [0.05, 0.1) is 16.9 Å². The number of carbonyl (C=O) groups excluding carboxylic acids is 1. The predicted molar refractivity (Wildman–Crippen MR) is 92.8 cm³/mol. The molecule has 0 aliphatic carbocycles.